The number of hydrogen-bond donors (Lipinski definition) is 1. The lowest BCUT2D eigenvalue weighted by Gasteiger charge is -2.50. The molecule has 0 amide bonds. The molecule has 0 spiro atoms. The van der Waals surface area contributed by atoms with E-state index in [0.29, 0.717) is 0 Å². The molecule has 0 aliphatic carbocycles. The van der Waals surface area contributed by atoms with Gasteiger partial charge in [0.05, 0.1) is 34.7 Å². The average molecular weight is 605 g/mol. The molecule has 0 bridgehead atoms. The molecule has 2 heterocycles. The predicted molar refractivity (Wildman–Crippen MR) is 125 cm³/mol. The molecule has 2 aliphatic rings. The molecular weight excluding hydrogens is 583 g/mol. The molecule has 1 N–H and O–H groups in total. The van der Waals surface area contributed by atoms with Gasteiger partial charge >= 0.3 is 6.18 Å². The lowest BCUT2D eigenvalue weighted by Crippen LogP contribution is -2.57. The van der Waals surface area contributed by atoms with E-state index in [1.807, 2.05) is 0 Å². The van der Waals surface area contributed by atoms with E-state index in [0.717, 1.165) is 12.1 Å². The maximum atomic E-state index is 15.3. The van der Waals surface area contributed by atoms with Gasteiger partial charge in [-0.15, -0.1) is 0 Å². The molecule has 0 unspecified atom stereocenters. The monoisotopic (exact) mass is 604 g/mol. The van der Waals surface area contributed by atoms with Crippen molar-refractivity contribution in [3.63, 3.8) is 0 Å². The summed E-state index contributed by atoms with van der Waals surface area (Å²) in [6, 6.07) is 6.54. The van der Waals surface area contributed by atoms with Gasteiger partial charge in [0.25, 0.3) is 0 Å². The molecule has 0 saturated carbocycles. The minimum absolute atomic E-state index is 0.221. The zero-order chi connectivity index (χ0) is 28.1. The van der Waals surface area contributed by atoms with Gasteiger partial charge in [-0.3, -0.25) is 0 Å². The van der Waals surface area contributed by atoms with Crippen molar-refractivity contribution in [2.75, 3.05) is 24.7 Å². The average Bonchev–Trinajstić information content (AvgIpc) is 2.83. The second kappa shape index (κ2) is 10.2. The summed E-state index contributed by atoms with van der Waals surface area (Å²) in [6.45, 7) is -0.815. The lowest BCUT2D eigenvalue weighted by atomic mass is 9.75. The van der Waals surface area contributed by atoms with Crippen molar-refractivity contribution < 1.29 is 53.4 Å². The van der Waals surface area contributed by atoms with Gasteiger partial charge in [0.15, 0.2) is 37.3 Å². The first-order valence-electron chi connectivity index (χ1n) is 11.3. The number of alkyl halides is 3. The third-order valence-corrected chi connectivity index (χ3v) is 11.3. The number of sulfone groups is 2. The highest BCUT2D eigenvalue weighted by Crippen LogP contribution is 2.56. The molecule has 1 saturated heterocycles. The number of aliphatic hydroxyl groups is 1. The Morgan fingerprint density at radius 2 is 1.68 bits per heavy atom. The van der Waals surface area contributed by atoms with Gasteiger partial charge in [-0.05, 0) is 49.2 Å². The molecule has 4 rings (SSSR count). The number of benzene rings is 2. The van der Waals surface area contributed by atoms with Crippen LogP contribution in [0.2, 0.25) is 5.02 Å². The number of hydrogen-bond acceptors (Lipinski definition) is 7. The van der Waals surface area contributed by atoms with Crippen LogP contribution in [0.1, 0.15) is 18.4 Å². The third-order valence-electron chi connectivity index (χ3n) is 6.85. The molecule has 1 fully saturated rings. The Balaban J connectivity index is 1.78. The second-order valence-electron chi connectivity index (χ2n) is 9.12. The van der Waals surface area contributed by atoms with Crippen LogP contribution in [0, 0.1) is 17.6 Å². The topological polar surface area (TPSA) is 107 Å². The predicted octanol–water partition coefficient (Wildman–Crippen LogP) is 3.81. The molecule has 38 heavy (non-hydrogen) atoms. The van der Waals surface area contributed by atoms with Crippen LogP contribution in [0.3, 0.4) is 0 Å². The van der Waals surface area contributed by atoms with E-state index < -0.39 is 96.2 Å². The summed E-state index contributed by atoms with van der Waals surface area (Å²) in [5.74, 6) is -6.41. The molecule has 15 heteroatoms. The van der Waals surface area contributed by atoms with Gasteiger partial charge in [-0.1, -0.05) is 11.6 Å². The fourth-order valence-corrected chi connectivity index (χ4v) is 8.95. The Morgan fingerprint density at radius 1 is 1.05 bits per heavy atom. The number of ether oxygens (including phenoxy) is 2. The van der Waals surface area contributed by atoms with E-state index in [-0.39, 0.29) is 22.9 Å². The van der Waals surface area contributed by atoms with Crippen LogP contribution in [-0.4, -0.2) is 65.0 Å². The molecule has 7 nitrogen and oxygen atoms in total. The van der Waals surface area contributed by atoms with Crippen LogP contribution in [0.4, 0.5) is 22.0 Å². The first kappa shape index (κ1) is 29.0. The zero-order valence-corrected chi connectivity index (χ0v) is 21.8. The highest BCUT2D eigenvalue weighted by Gasteiger charge is 2.61. The van der Waals surface area contributed by atoms with Gasteiger partial charge in [0, 0.05) is 17.5 Å². The van der Waals surface area contributed by atoms with E-state index in [9.17, 15) is 39.5 Å². The van der Waals surface area contributed by atoms with Crippen LogP contribution in [0.5, 0.6) is 5.75 Å². The minimum Gasteiger partial charge on any atom is -0.490 e. The summed E-state index contributed by atoms with van der Waals surface area (Å²) in [6.07, 6.45) is -10.3. The fraction of sp³-hybridized carbons (Fsp3) is 0.478. The van der Waals surface area contributed by atoms with Crippen molar-refractivity contribution in [2.24, 2.45) is 5.92 Å². The number of aliphatic hydroxyl groups excluding tert-OH is 1. The van der Waals surface area contributed by atoms with Crippen molar-refractivity contribution in [3.05, 3.63) is 58.6 Å². The second-order valence-corrected chi connectivity index (χ2v) is 14.0. The summed E-state index contributed by atoms with van der Waals surface area (Å²) in [4.78, 5) is -0.259. The molecule has 210 valence electrons. The third kappa shape index (κ3) is 5.12. The van der Waals surface area contributed by atoms with E-state index in [1.165, 1.54) is 24.3 Å². The number of halogens is 6. The maximum Gasteiger partial charge on any atom is 0.415 e. The largest absolute Gasteiger partial charge is 0.490 e. The van der Waals surface area contributed by atoms with Gasteiger partial charge in [-0.2, -0.15) is 13.2 Å². The van der Waals surface area contributed by atoms with Crippen molar-refractivity contribution >= 4 is 31.3 Å². The van der Waals surface area contributed by atoms with Gasteiger partial charge < -0.3 is 14.6 Å². The molecule has 4 atom stereocenters. The number of fused-ring (bicyclic) bond motifs is 3. The Kier molecular flexibility index (Phi) is 7.78. The van der Waals surface area contributed by atoms with E-state index in [1.54, 1.807) is 0 Å². The standard InChI is InChI=1S/C23H22ClF5O7S2/c24-13-1-3-14(4-2-13)38(33,34)22-8-9-35-18(7-10-37(31,32)12-19(30)23(27,28)29)15(22)11-36-21-17(26)6-5-16(25)20(21)22/h1-6,15,18-19,30H,7-12H2/t15-,18-,19-,22-/m0/s1. The van der Waals surface area contributed by atoms with E-state index in [2.05, 4.69) is 0 Å². The Bertz CT molecular complexity index is 1410. The van der Waals surface area contributed by atoms with E-state index >= 15 is 4.39 Å². The fourth-order valence-electron chi connectivity index (χ4n) is 5.05. The Hall–Kier alpha value is -2.00. The lowest BCUT2D eigenvalue weighted by molar-refractivity contribution is -0.196. The summed E-state index contributed by atoms with van der Waals surface area (Å²) in [7, 11) is -9.02. The van der Waals surface area contributed by atoms with Crippen LogP contribution < -0.4 is 4.74 Å². The smallest absolute Gasteiger partial charge is 0.415 e. The van der Waals surface area contributed by atoms with Gasteiger partial charge in [0.1, 0.15) is 10.6 Å². The normalized spacial score (nSPS) is 24.7. The van der Waals surface area contributed by atoms with Crippen LogP contribution in [0.25, 0.3) is 0 Å². The summed E-state index contributed by atoms with van der Waals surface area (Å²) < 4.78 is 130. The summed E-state index contributed by atoms with van der Waals surface area (Å²) in [5, 5.41) is 9.40. The minimum atomic E-state index is -5.15. The van der Waals surface area contributed by atoms with Crippen LogP contribution >= 0.6 is 11.6 Å². The van der Waals surface area contributed by atoms with Crippen LogP contribution in [-0.2, 0) is 29.2 Å². The van der Waals surface area contributed by atoms with Crippen LogP contribution in [0.15, 0.2) is 41.3 Å². The quantitative estimate of drug-likeness (QED) is 0.479. The Morgan fingerprint density at radius 3 is 2.32 bits per heavy atom. The highest BCUT2D eigenvalue weighted by atomic mass is 35.5. The molecule has 0 radical (unpaired) electrons. The molecule has 0 aromatic heterocycles. The van der Waals surface area contributed by atoms with Crippen molar-refractivity contribution in [1.82, 2.24) is 0 Å². The summed E-state index contributed by atoms with van der Waals surface area (Å²) >= 11 is 5.89. The first-order chi connectivity index (χ1) is 17.6. The molecular formula is C23H22ClF5O7S2. The number of rotatable bonds is 7. The Labute approximate surface area is 220 Å². The first-order valence-corrected chi connectivity index (χ1v) is 15.0. The zero-order valence-electron chi connectivity index (χ0n) is 19.4. The van der Waals surface area contributed by atoms with Crippen molar-refractivity contribution in [2.45, 2.75) is 40.9 Å². The van der Waals surface area contributed by atoms with Crippen molar-refractivity contribution in [3.8, 4) is 5.75 Å². The molecule has 2 aromatic carbocycles. The molecule has 2 aliphatic heterocycles. The van der Waals surface area contributed by atoms with Crippen molar-refractivity contribution in [1.29, 1.82) is 0 Å². The SMILES string of the molecule is O=S(=O)(CC[C@@H]1OCC[C@@]2(S(=O)(=O)c3ccc(Cl)cc3)c3c(F)ccc(F)c3OC[C@@H]12)C[C@H](O)C(F)(F)F. The van der Waals surface area contributed by atoms with E-state index in [4.69, 9.17) is 21.1 Å². The molecule has 2 aromatic rings. The maximum absolute atomic E-state index is 15.3. The van der Waals surface area contributed by atoms with Gasteiger partial charge in [0.2, 0.25) is 0 Å². The summed E-state index contributed by atoms with van der Waals surface area (Å²) in [5.41, 5.74) is -0.563. The highest BCUT2D eigenvalue weighted by molar-refractivity contribution is 7.92. The van der Waals surface area contributed by atoms with Gasteiger partial charge in [-0.25, -0.2) is 25.6 Å².